The third-order valence-corrected chi connectivity index (χ3v) is 5.55. The Hall–Kier alpha value is -6.50. The number of hydrogen-bond donors (Lipinski definition) is 4. The first-order valence-corrected chi connectivity index (χ1v) is 16.7. The number of imidazole rings is 1. The van der Waals surface area contributed by atoms with E-state index in [1.807, 2.05) is 82.4 Å². The predicted octanol–water partition coefficient (Wildman–Crippen LogP) is 8.30. The number of oxazole rings is 1. The quantitative estimate of drug-likeness (QED) is 0.117. The molecule has 0 saturated heterocycles. The van der Waals surface area contributed by atoms with Gasteiger partial charge in [0, 0.05) is 60.3 Å². The van der Waals surface area contributed by atoms with E-state index in [4.69, 9.17) is 0 Å². The van der Waals surface area contributed by atoms with Crippen molar-refractivity contribution in [3.05, 3.63) is 194 Å². The Balaban J connectivity index is 0.000000278. The van der Waals surface area contributed by atoms with Gasteiger partial charge < -0.3 is 23.3 Å². The van der Waals surface area contributed by atoms with E-state index in [1.165, 1.54) is 43.1 Å². The minimum atomic E-state index is 1.38. The first-order valence-electron chi connectivity index (χ1n) is 14.0. The van der Waals surface area contributed by atoms with Crippen molar-refractivity contribution >= 4 is 34.2 Å². The second kappa shape index (κ2) is 38.7. The number of H-pyrrole nitrogens is 4. The van der Waals surface area contributed by atoms with Crippen LogP contribution in [-0.4, -0.2) is 59.8 Å². The smallest absolute Gasteiger partial charge is 0.180 e. The molecule has 0 aromatic carbocycles. The van der Waals surface area contributed by atoms with Crippen LogP contribution in [-0.2, 0) is 0 Å². The zero-order valence-corrected chi connectivity index (χ0v) is 29.0. The van der Waals surface area contributed by atoms with Crippen LogP contribution in [0, 0.1) is 0 Å². The second-order valence-electron chi connectivity index (χ2n) is 7.38. The van der Waals surface area contributed by atoms with Crippen LogP contribution >= 0.6 is 34.2 Å². The molecule has 0 amide bonds. The Morgan fingerprint density at radius 3 is 1.56 bits per heavy atom. The van der Waals surface area contributed by atoms with Gasteiger partial charge in [0.25, 0.3) is 0 Å². The highest BCUT2D eigenvalue weighted by atomic mass is 32.1. The minimum Gasteiger partial charge on any atom is -0.473 e. The van der Waals surface area contributed by atoms with Gasteiger partial charge in [-0.05, 0) is 64.8 Å². The summed E-state index contributed by atoms with van der Waals surface area (Å²) in [6, 6.07) is 17.1. The lowest BCUT2D eigenvalue weighted by Gasteiger charge is -1.50. The van der Waals surface area contributed by atoms with Gasteiger partial charge >= 0.3 is 0 Å². The highest BCUT2D eigenvalue weighted by molar-refractivity contribution is 7.07. The van der Waals surface area contributed by atoms with Crippen molar-refractivity contribution in [3.8, 4) is 0 Å². The summed E-state index contributed by atoms with van der Waals surface area (Å²) in [5.41, 5.74) is 1.79. The summed E-state index contributed by atoms with van der Waals surface area (Å²) in [7, 11) is 0. The number of nitrogens with zero attached hydrogens (tertiary/aromatic N) is 8. The lowest BCUT2D eigenvalue weighted by Crippen LogP contribution is -1.53. The van der Waals surface area contributed by atoms with E-state index < -0.39 is 0 Å². The number of thiophene rings is 1. The summed E-state index contributed by atoms with van der Waals surface area (Å²) in [5.74, 6) is 0. The van der Waals surface area contributed by atoms with Crippen LogP contribution < -0.4 is 0 Å². The number of aromatic nitrogens is 12. The Morgan fingerprint density at radius 2 is 1.36 bits per heavy atom. The number of rotatable bonds is 0. The molecule has 50 heavy (non-hydrogen) atoms. The summed E-state index contributed by atoms with van der Waals surface area (Å²) >= 11 is 4.78. The standard InChI is InChI=1S/C4H5N.C4H4O.C4H4S.2C3H4N2.2C3H3NO.2C3H3NS.C2H3N3/c3*1-2-4-5-3-1;1-2-5-3-4-1;1-2-4-5-3-1;1-2-5-3-4-1;1-2-4-5-3-1;1-2-5-3-4-1;1-2-4-5-3-1;1-3-2-5-4-1/h1-5H;2*1-4H;2*1-3H,(H,4,5);4*1-3H;1-2H,(H,3,4,5). The molecule has 10 rings (SSSR count). The van der Waals surface area contributed by atoms with Crippen molar-refractivity contribution < 1.29 is 13.4 Å². The third-order valence-electron chi connectivity index (χ3n) is 3.88. The first-order chi connectivity index (χ1) is 25.0. The molecule has 0 saturated carbocycles. The molecule has 10 aromatic rings. The molecule has 260 valence electrons. The number of hydrogen-bond acceptors (Lipinski definition) is 14. The number of furan rings is 1. The molecule has 10 heterocycles. The van der Waals surface area contributed by atoms with E-state index in [2.05, 4.69) is 73.2 Å². The SMILES string of the molecule is c1c[nH]cn1.c1cc[nH]c1.c1ccoc1.c1ccsc1.c1cn[nH]c1.c1cnoc1.c1cnsc1.c1cocn1.c1cscn1.c1nc[nH]n1. The fraction of sp³-hybridized carbons (Fsp3) is 0. The van der Waals surface area contributed by atoms with Gasteiger partial charge in [0.1, 0.15) is 25.2 Å². The van der Waals surface area contributed by atoms with Crippen molar-refractivity contribution in [2.45, 2.75) is 0 Å². The highest BCUT2D eigenvalue weighted by Crippen LogP contribution is 1.91. The van der Waals surface area contributed by atoms with Crippen molar-refractivity contribution in [1.29, 1.82) is 0 Å². The van der Waals surface area contributed by atoms with E-state index in [0.29, 0.717) is 0 Å². The molecule has 0 aliphatic carbocycles. The van der Waals surface area contributed by atoms with Crippen LogP contribution in [0.25, 0.3) is 0 Å². The Kier molecular flexibility index (Phi) is 32.1. The minimum absolute atomic E-state index is 1.38. The van der Waals surface area contributed by atoms with Crippen LogP contribution in [0.3, 0.4) is 0 Å². The van der Waals surface area contributed by atoms with Gasteiger partial charge in [0.15, 0.2) is 6.39 Å². The van der Waals surface area contributed by atoms with Crippen molar-refractivity contribution in [3.63, 3.8) is 0 Å². The lowest BCUT2D eigenvalue weighted by molar-refractivity contribution is 0.420. The normalized spacial score (nSPS) is 8.00. The van der Waals surface area contributed by atoms with E-state index in [0.717, 1.165) is 0 Å². The zero-order valence-electron chi connectivity index (χ0n) is 26.5. The molecule has 0 bridgehead atoms. The van der Waals surface area contributed by atoms with Gasteiger partial charge in [0.2, 0.25) is 0 Å². The molecule has 0 aliphatic heterocycles. The molecule has 0 spiro atoms. The van der Waals surface area contributed by atoms with Crippen molar-refractivity contribution in [2.24, 2.45) is 0 Å². The topological polar surface area (TPSA) is 206 Å². The molecule has 15 nitrogen and oxygen atoms in total. The van der Waals surface area contributed by atoms with Crippen LogP contribution in [0.5, 0.6) is 0 Å². The summed E-state index contributed by atoms with van der Waals surface area (Å²) < 4.78 is 17.2. The van der Waals surface area contributed by atoms with Gasteiger partial charge in [-0.1, -0.05) is 17.3 Å². The molecule has 10 aromatic heterocycles. The van der Waals surface area contributed by atoms with Gasteiger partial charge in [0.05, 0.1) is 36.8 Å². The number of nitrogens with one attached hydrogen (secondary N) is 4. The second-order valence-corrected chi connectivity index (χ2v) is 9.64. The van der Waals surface area contributed by atoms with Crippen LogP contribution in [0.15, 0.2) is 207 Å². The molecular weight excluding hydrogens is 697 g/mol. The van der Waals surface area contributed by atoms with Gasteiger partial charge in [-0.25, -0.2) is 19.3 Å². The fourth-order valence-corrected chi connectivity index (χ4v) is 3.19. The molecule has 0 unspecified atom stereocenters. The maximum absolute atomic E-state index is 4.58. The maximum Gasteiger partial charge on any atom is 0.180 e. The lowest BCUT2D eigenvalue weighted by atomic mass is 10.7. The summed E-state index contributed by atoms with van der Waals surface area (Å²) in [6.07, 6.45) is 29.6. The summed E-state index contributed by atoms with van der Waals surface area (Å²) in [6.45, 7) is 0. The van der Waals surface area contributed by atoms with Gasteiger partial charge in [-0.15, -0.1) is 11.3 Å². The average Bonchev–Trinajstić information content (AvgIpc) is 4.08. The highest BCUT2D eigenvalue weighted by Gasteiger charge is 1.63. The molecular formula is C32H36N12O3S3. The van der Waals surface area contributed by atoms with Crippen molar-refractivity contribution in [1.82, 2.24) is 59.8 Å². The molecule has 0 aliphatic rings. The summed E-state index contributed by atoms with van der Waals surface area (Å²) in [4.78, 5) is 20.1. The first kappa shape index (κ1) is 41.5. The Morgan fingerprint density at radius 1 is 0.480 bits per heavy atom. The number of aromatic amines is 4. The zero-order chi connectivity index (χ0) is 35.4. The van der Waals surface area contributed by atoms with E-state index in [9.17, 15) is 0 Å². The Labute approximate surface area is 300 Å². The average molecular weight is 733 g/mol. The summed E-state index contributed by atoms with van der Waals surface area (Å²) in [5, 5.41) is 23.5. The van der Waals surface area contributed by atoms with E-state index in [-0.39, 0.29) is 0 Å². The third kappa shape index (κ3) is 36.0. The predicted molar refractivity (Wildman–Crippen MR) is 195 cm³/mol. The van der Waals surface area contributed by atoms with Gasteiger partial charge in [-0.2, -0.15) is 21.5 Å². The van der Waals surface area contributed by atoms with Crippen molar-refractivity contribution in [2.75, 3.05) is 0 Å². The van der Waals surface area contributed by atoms with E-state index in [1.54, 1.807) is 103 Å². The van der Waals surface area contributed by atoms with Gasteiger partial charge in [-0.3, -0.25) is 15.2 Å². The molecule has 4 N–H and O–H groups in total. The van der Waals surface area contributed by atoms with E-state index >= 15 is 0 Å². The molecule has 0 fully saturated rings. The molecule has 18 heteroatoms. The Bertz CT molecular complexity index is 1070. The largest absolute Gasteiger partial charge is 0.473 e. The van der Waals surface area contributed by atoms with Crippen LogP contribution in [0.1, 0.15) is 0 Å². The van der Waals surface area contributed by atoms with Crippen LogP contribution in [0.2, 0.25) is 0 Å². The maximum atomic E-state index is 4.58. The fourth-order valence-electron chi connectivity index (χ4n) is 2.03. The molecule has 0 atom stereocenters. The monoisotopic (exact) mass is 732 g/mol. The molecule has 0 radical (unpaired) electrons. The van der Waals surface area contributed by atoms with Crippen LogP contribution in [0.4, 0.5) is 0 Å². The number of thiazole rings is 1.